The van der Waals surface area contributed by atoms with Crippen LogP contribution in [0.4, 0.5) is 13.2 Å². The van der Waals surface area contributed by atoms with E-state index >= 15 is 0 Å². The molecule has 0 bridgehead atoms. The second-order valence-corrected chi connectivity index (χ2v) is 7.40. The van der Waals surface area contributed by atoms with Gasteiger partial charge in [0.05, 0.1) is 25.4 Å². The molecule has 0 saturated heterocycles. The van der Waals surface area contributed by atoms with Crippen LogP contribution in [0.2, 0.25) is 0 Å². The number of hydrogen-bond acceptors (Lipinski definition) is 3. The maximum Gasteiger partial charge on any atom is 0.416 e. The van der Waals surface area contributed by atoms with E-state index in [2.05, 4.69) is 26.0 Å². The lowest BCUT2D eigenvalue weighted by atomic mass is 9.90. The van der Waals surface area contributed by atoms with E-state index in [9.17, 15) is 13.2 Å². The van der Waals surface area contributed by atoms with Crippen molar-refractivity contribution in [1.29, 1.82) is 0 Å². The Morgan fingerprint density at radius 2 is 2.04 bits per heavy atom. The number of fused-ring (bicyclic) bond motifs is 1. The van der Waals surface area contributed by atoms with Crippen molar-refractivity contribution in [2.24, 2.45) is 5.11 Å². The molecule has 0 spiro atoms. The van der Waals surface area contributed by atoms with Crippen LogP contribution >= 0.6 is 15.9 Å². The minimum absolute atomic E-state index is 0.00266. The molecular weight excluding hydrogens is 439 g/mol. The van der Waals surface area contributed by atoms with Crippen LogP contribution in [-0.4, -0.2) is 13.2 Å². The molecule has 2 aromatic rings. The minimum Gasteiger partial charge on any atom is -0.373 e. The van der Waals surface area contributed by atoms with Gasteiger partial charge in [0.2, 0.25) is 0 Å². The molecule has 0 amide bonds. The zero-order valence-corrected chi connectivity index (χ0v) is 16.3. The number of ether oxygens (including phenoxy) is 2. The van der Waals surface area contributed by atoms with Gasteiger partial charge in [-0.15, -0.1) is 0 Å². The fourth-order valence-corrected chi connectivity index (χ4v) is 3.83. The number of nitrogens with zero attached hydrogens (tertiary/aromatic N) is 3. The molecule has 148 valence electrons. The molecule has 28 heavy (non-hydrogen) atoms. The lowest BCUT2D eigenvalue weighted by Crippen LogP contribution is -2.32. The van der Waals surface area contributed by atoms with E-state index in [1.807, 2.05) is 24.3 Å². The molecule has 5 nitrogen and oxygen atoms in total. The largest absolute Gasteiger partial charge is 0.416 e. The van der Waals surface area contributed by atoms with Gasteiger partial charge in [-0.05, 0) is 46.8 Å². The van der Waals surface area contributed by atoms with E-state index in [-0.39, 0.29) is 19.8 Å². The van der Waals surface area contributed by atoms with Crippen LogP contribution in [0.1, 0.15) is 28.7 Å². The minimum atomic E-state index is -4.43. The molecule has 1 aliphatic rings. The van der Waals surface area contributed by atoms with Crippen molar-refractivity contribution >= 4 is 15.9 Å². The van der Waals surface area contributed by atoms with Crippen LogP contribution in [0.5, 0.6) is 0 Å². The van der Waals surface area contributed by atoms with Gasteiger partial charge in [-0.3, -0.25) is 0 Å². The van der Waals surface area contributed by atoms with Gasteiger partial charge in [-0.2, -0.15) is 13.2 Å². The number of benzene rings is 2. The van der Waals surface area contributed by atoms with Gasteiger partial charge >= 0.3 is 6.18 Å². The smallest absolute Gasteiger partial charge is 0.373 e. The van der Waals surface area contributed by atoms with Crippen molar-refractivity contribution in [3.8, 4) is 0 Å². The molecule has 0 fully saturated rings. The van der Waals surface area contributed by atoms with Gasteiger partial charge in [-0.25, -0.2) is 0 Å². The van der Waals surface area contributed by atoms with Crippen LogP contribution in [0.15, 0.2) is 52.1 Å². The molecule has 1 atom stereocenters. The van der Waals surface area contributed by atoms with Gasteiger partial charge in [0.1, 0.15) is 5.60 Å². The molecule has 0 aliphatic carbocycles. The van der Waals surface area contributed by atoms with Gasteiger partial charge in [0, 0.05) is 15.9 Å². The normalized spacial score (nSPS) is 18.6. The highest BCUT2D eigenvalue weighted by Gasteiger charge is 2.39. The van der Waals surface area contributed by atoms with Crippen molar-refractivity contribution in [1.82, 2.24) is 0 Å². The molecule has 9 heteroatoms. The van der Waals surface area contributed by atoms with Crippen LogP contribution < -0.4 is 0 Å². The maximum absolute atomic E-state index is 13.0. The number of halogens is 4. The molecule has 3 rings (SSSR count). The van der Waals surface area contributed by atoms with E-state index in [0.717, 1.165) is 23.3 Å². The predicted octanol–water partition coefficient (Wildman–Crippen LogP) is 6.11. The summed E-state index contributed by atoms with van der Waals surface area (Å²) in [5.41, 5.74) is 9.40. The summed E-state index contributed by atoms with van der Waals surface area (Å²) in [5, 5.41) is 3.58. The number of hydrogen-bond donors (Lipinski definition) is 0. The van der Waals surface area contributed by atoms with Gasteiger partial charge in [0.15, 0.2) is 0 Å². The topological polar surface area (TPSA) is 67.2 Å². The van der Waals surface area contributed by atoms with Crippen molar-refractivity contribution < 1.29 is 22.6 Å². The first kappa shape index (κ1) is 20.7. The zero-order chi connectivity index (χ0) is 20.2. The third kappa shape index (κ3) is 4.67. The van der Waals surface area contributed by atoms with Crippen molar-refractivity contribution in [3.63, 3.8) is 0 Å². The van der Waals surface area contributed by atoms with E-state index in [0.29, 0.717) is 23.1 Å². The van der Waals surface area contributed by atoms with E-state index < -0.39 is 17.3 Å². The second-order valence-electron chi connectivity index (χ2n) is 6.48. The maximum atomic E-state index is 13.0. The molecule has 2 aromatic carbocycles. The summed E-state index contributed by atoms with van der Waals surface area (Å²) in [6.07, 6.45) is -4.01. The standard InChI is InChI=1S/C19H17BrF3N3O2/c20-16-8-13(7-15(9-16)19(21,22)23)10-27-12-18(5-6-25-26-24)17-4-2-1-3-14(17)11-28-18/h1-4,7-9H,5-6,10-12H2. The summed E-state index contributed by atoms with van der Waals surface area (Å²) in [6.45, 7) is 0.768. The average Bonchev–Trinajstić information content (AvgIpc) is 3.00. The van der Waals surface area contributed by atoms with Crippen LogP contribution in [0.3, 0.4) is 0 Å². The first-order valence-corrected chi connectivity index (χ1v) is 9.31. The Hall–Kier alpha value is -2.06. The monoisotopic (exact) mass is 455 g/mol. The molecular formula is C19H17BrF3N3O2. The number of rotatable bonds is 7. The summed E-state index contributed by atoms with van der Waals surface area (Å²) in [4.78, 5) is 2.77. The van der Waals surface area contributed by atoms with E-state index in [1.165, 1.54) is 0 Å². The number of azide groups is 1. The first-order chi connectivity index (χ1) is 13.3. The van der Waals surface area contributed by atoms with Gasteiger partial charge in [0.25, 0.3) is 0 Å². The Labute approximate surface area is 168 Å². The molecule has 1 unspecified atom stereocenters. The first-order valence-electron chi connectivity index (χ1n) is 8.52. The van der Waals surface area contributed by atoms with Crippen LogP contribution in [-0.2, 0) is 34.5 Å². The fraction of sp³-hybridized carbons (Fsp3) is 0.368. The third-order valence-electron chi connectivity index (χ3n) is 4.58. The van der Waals surface area contributed by atoms with Gasteiger partial charge in [-0.1, -0.05) is 45.3 Å². The Morgan fingerprint density at radius 1 is 1.25 bits per heavy atom. The second kappa shape index (κ2) is 8.53. The quantitative estimate of drug-likeness (QED) is 0.287. The van der Waals surface area contributed by atoms with Crippen LogP contribution in [0, 0.1) is 0 Å². The highest BCUT2D eigenvalue weighted by molar-refractivity contribution is 9.10. The van der Waals surface area contributed by atoms with E-state index in [4.69, 9.17) is 15.0 Å². The Bertz CT molecular complexity index is 900. The Balaban J connectivity index is 1.75. The van der Waals surface area contributed by atoms with Crippen molar-refractivity contribution in [2.75, 3.05) is 13.2 Å². The molecule has 1 heterocycles. The van der Waals surface area contributed by atoms with Crippen molar-refractivity contribution in [3.05, 3.63) is 79.6 Å². The molecule has 0 N–H and O–H groups in total. The summed E-state index contributed by atoms with van der Waals surface area (Å²) in [5.74, 6) is 0. The highest BCUT2D eigenvalue weighted by atomic mass is 79.9. The predicted molar refractivity (Wildman–Crippen MR) is 100 cm³/mol. The highest BCUT2D eigenvalue weighted by Crippen LogP contribution is 2.40. The molecule has 0 radical (unpaired) electrons. The summed E-state index contributed by atoms with van der Waals surface area (Å²) in [6, 6.07) is 11.4. The third-order valence-corrected chi connectivity index (χ3v) is 5.04. The SMILES string of the molecule is [N-]=[N+]=NCCC1(COCc2cc(Br)cc(C(F)(F)F)c2)OCc2ccccc21. The lowest BCUT2D eigenvalue weighted by Gasteiger charge is -2.29. The van der Waals surface area contributed by atoms with E-state index in [1.54, 1.807) is 6.07 Å². The average molecular weight is 456 g/mol. The summed E-state index contributed by atoms with van der Waals surface area (Å²) in [7, 11) is 0. The summed E-state index contributed by atoms with van der Waals surface area (Å²) >= 11 is 3.11. The summed E-state index contributed by atoms with van der Waals surface area (Å²) < 4.78 is 51.1. The zero-order valence-electron chi connectivity index (χ0n) is 14.7. The molecule has 0 saturated carbocycles. The van der Waals surface area contributed by atoms with Crippen LogP contribution in [0.25, 0.3) is 10.4 Å². The van der Waals surface area contributed by atoms with Gasteiger partial charge < -0.3 is 9.47 Å². The fourth-order valence-electron chi connectivity index (χ4n) is 3.29. The lowest BCUT2D eigenvalue weighted by molar-refractivity contribution is -0.137. The number of alkyl halides is 3. The Kier molecular flexibility index (Phi) is 6.30. The molecule has 0 aromatic heterocycles. The molecule has 1 aliphatic heterocycles. The van der Waals surface area contributed by atoms with Crippen molar-refractivity contribution in [2.45, 2.75) is 31.4 Å². The Morgan fingerprint density at radius 3 is 2.79 bits per heavy atom.